The van der Waals surface area contributed by atoms with Crippen LogP contribution in [0.25, 0.3) is 0 Å². The van der Waals surface area contributed by atoms with E-state index in [2.05, 4.69) is 5.32 Å². The molecule has 2 heterocycles. The highest BCUT2D eigenvalue weighted by Gasteiger charge is 2.70. The fraction of sp³-hybridized carbons (Fsp3) is 0.364. The maximum atomic E-state index is 13.8. The molecule has 13 heteroatoms. The molecule has 46 heavy (non-hydrogen) atoms. The maximum Gasteiger partial charge on any atom is 0.408 e. The van der Waals surface area contributed by atoms with E-state index in [1.165, 1.54) is 26.4 Å². The standard InChI is InChI=1S/C33H35N3O9S/c1-21-9-12-24(13-10-21)46(41,42)35-19-32(40)16-25-26(30(38)36(29(25)37)23-7-5-4-6-8-23)17-33(32,20-35)45-31(39)34-18-22-11-14-27(43-2)28(15-22)44-3/h4-15,25-26,40H,16-20H2,1-3H3,(H,34,39)/t25-,26+,32+,33-/m0/s1. The first-order chi connectivity index (χ1) is 21.9. The lowest BCUT2D eigenvalue weighted by atomic mass is 9.65. The first-order valence-electron chi connectivity index (χ1n) is 14.8. The molecule has 4 atom stereocenters. The molecule has 242 valence electrons. The number of carbonyl (C=O) groups is 3. The zero-order chi connectivity index (χ0) is 32.9. The van der Waals surface area contributed by atoms with Gasteiger partial charge in [0.15, 0.2) is 17.1 Å². The van der Waals surface area contributed by atoms with Crippen LogP contribution in [0.3, 0.4) is 0 Å². The maximum absolute atomic E-state index is 13.8. The number of β-amino-alcohol motifs (C(OH)–C–C–N with tert-alkyl or cyclic N) is 1. The van der Waals surface area contributed by atoms with Gasteiger partial charge in [-0.15, -0.1) is 0 Å². The molecule has 0 spiro atoms. The second-order valence-electron chi connectivity index (χ2n) is 12.0. The topological polar surface area (TPSA) is 152 Å². The van der Waals surface area contributed by atoms with Crippen LogP contribution >= 0.6 is 0 Å². The molecular weight excluding hydrogens is 614 g/mol. The number of alkyl carbamates (subject to hydrolysis) is 1. The average Bonchev–Trinajstić information content (AvgIpc) is 3.47. The van der Waals surface area contributed by atoms with Crippen LogP contribution in [0.2, 0.25) is 0 Å². The Bertz CT molecular complexity index is 1780. The SMILES string of the molecule is COc1ccc(CNC(=O)O[C@]23C[C@H]4C(=O)N(c5ccccc5)C(=O)[C@H]4C[C@@]2(O)CN(S(=O)(=O)c2ccc(C)cc2)C3)cc1OC. The van der Waals surface area contributed by atoms with Gasteiger partial charge in [0.25, 0.3) is 0 Å². The Kier molecular flexibility index (Phi) is 8.03. The number of hydrogen-bond donors (Lipinski definition) is 2. The third-order valence-electron chi connectivity index (χ3n) is 9.23. The van der Waals surface area contributed by atoms with Gasteiger partial charge < -0.3 is 24.6 Å². The highest BCUT2D eigenvalue weighted by Crippen LogP contribution is 2.54. The van der Waals surface area contributed by atoms with Gasteiger partial charge in [0, 0.05) is 19.5 Å². The van der Waals surface area contributed by atoms with Crippen molar-refractivity contribution in [3.05, 3.63) is 83.9 Å². The molecule has 6 rings (SSSR count). The van der Waals surface area contributed by atoms with Gasteiger partial charge in [-0.3, -0.25) is 14.5 Å². The van der Waals surface area contributed by atoms with E-state index in [1.807, 2.05) is 6.92 Å². The van der Waals surface area contributed by atoms with E-state index < -0.39 is 64.1 Å². The van der Waals surface area contributed by atoms with E-state index in [4.69, 9.17) is 14.2 Å². The molecule has 0 radical (unpaired) electrons. The Balaban J connectivity index is 1.31. The van der Waals surface area contributed by atoms with E-state index in [0.717, 1.165) is 14.8 Å². The van der Waals surface area contributed by atoms with E-state index in [9.17, 15) is 27.9 Å². The van der Waals surface area contributed by atoms with Crippen LogP contribution in [0.1, 0.15) is 24.0 Å². The lowest BCUT2D eigenvalue weighted by molar-refractivity contribution is -0.170. The smallest absolute Gasteiger partial charge is 0.408 e. The Hall–Kier alpha value is -4.46. The van der Waals surface area contributed by atoms with Crippen molar-refractivity contribution in [3.8, 4) is 11.5 Å². The second kappa shape index (κ2) is 11.7. The number of hydrogen-bond acceptors (Lipinski definition) is 9. The third-order valence-corrected chi connectivity index (χ3v) is 11.0. The molecule has 3 fully saturated rings. The van der Waals surface area contributed by atoms with E-state index in [1.54, 1.807) is 60.7 Å². The number of amides is 3. The van der Waals surface area contributed by atoms with Crippen LogP contribution in [0.5, 0.6) is 11.5 Å². The predicted octanol–water partition coefficient (Wildman–Crippen LogP) is 3.01. The van der Waals surface area contributed by atoms with Crippen LogP contribution in [0, 0.1) is 18.8 Å². The number of nitrogens with one attached hydrogen (secondary N) is 1. The predicted molar refractivity (Wildman–Crippen MR) is 166 cm³/mol. The number of sulfonamides is 1. The van der Waals surface area contributed by atoms with Crippen LogP contribution in [-0.4, -0.2) is 74.2 Å². The summed E-state index contributed by atoms with van der Waals surface area (Å²) in [5, 5.41) is 14.9. The second-order valence-corrected chi connectivity index (χ2v) is 14.0. The minimum absolute atomic E-state index is 0.0102. The highest BCUT2D eigenvalue weighted by atomic mass is 32.2. The minimum Gasteiger partial charge on any atom is -0.493 e. The van der Waals surface area contributed by atoms with Crippen LogP contribution in [-0.2, 0) is 30.9 Å². The van der Waals surface area contributed by atoms with Gasteiger partial charge in [0.05, 0.1) is 43.2 Å². The lowest BCUT2D eigenvalue weighted by Gasteiger charge is -2.46. The van der Waals surface area contributed by atoms with Crippen molar-refractivity contribution < 1.29 is 42.1 Å². The summed E-state index contributed by atoms with van der Waals surface area (Å²) in [7, 11) is -1.15. The number of ether oxygens (including phenoxy) is 3. The molecular formula is C33H35N3O9S. The average molecular weight is 650 g/mol. The molecule has 0 bridgehead atoms. The Labute approximate surface area is 266 Å². The van der Waals surface area contributed by atoms with Crippen molar-refractivity contribution >= 4 is 33.6 Å². The van der Waals surface area contributed by atoms with Gasteiger partial charge in [-0.1, -0.05) is 42.0 Å². The number of rotatable bonds is 8. The van der Waals surface area contributed by atoms with Gasteiger partial charge in [0.2, 0.25) is 21.8 Å². The first kappa shape index (κ1) is 31.5. The largest absolute Gasteiger partial charge is 0.493 e. The molecule has 3 aliphatic rings. The Morgan fingerprint density at radius 2 is 1.57 bits per heavy atom. The summed E-state index contributed by atoms with van der Waals surface area (Å²) < 4.78 is 45.2. The summed E-state index contributed by atoms with van der Waals surface area (Å²) in [6, 6.07) is 19.9. The zero-order valence-corrected chi connectivity index (χ0v) is 26.5. The number of fused-ring (bicyclic) bond motifs is 2. The highest BCUT2D eigenvalue weighted by molar-refractivity contribution is 7.89. The van der Waals surface area contributed by atoms with Gasteiger partial charge in [-0.25, -0.2) is 13.2 Å². The molecule has 3 aromatic carbocycles. The monoisotopic (exact) mass is 649 g/mol. The van der Waals surface area contributed by atoms with Gasteiger partial charge in [0.1, 0.15) is 5.60 Å². The minimum atomic E-state index is -4.14. The molecule has 3 aromatic rings. The zero-order valence-electron chi connectivity index (χ0n) is 25.6. The number of carbonyl (C=O) groups excluding carboxylic acids is 3. The van der Waals surface area contributed by atoms with Crippen molar-refractivity contribution in [3.63, 3.8) is 0 Å². The fourth-order valence-corrected chi connectivity index (χ4v) is 8.34. The Morgan fingerprint density at radius 3 is 2.22 bits per heavy atom. The van der Waals surface area contributed by atoms with Crippen LogP contribution in [0.15, 0.2) is 77.7 Å². The number of aryl methyl sites for hydroxylation is 1. The molecule has 2 N–H and O–H groups in total. The van der Waals surface area contributed by atoms with Gasteiger partial charge in [-0.2, -0.15) is 4.31 Å². The van der Waals surface area contributed by atoms with E-state index in [-0.39, 0.29) is 24.3 Å². The van der Waals surface area contributed by atoms with Gasteiger partial charge >= 0.3 is 6.09 Å². The quantitative estimate of drug-likeness (QED) is 0.351. The number of benzene rings is 3. The molecule has 3 amide bonds. The van der Waals surface area contributed by atoms with Crippen LogP contribution in [0.4, 0.5) is 10.5 Å². The number of aliphatic hydroxyl groups is 1. The summed E-state index contributed by atoms with van der Waals surface area (Å²) >= 11 is 0. The number of para-hydroxylation sites is 1. The summed E-state index contributed by atoms with van der Waals surface area (Å²) in [5.41, 5.74) is -1.86. The lowest BCUT2D eigenvalue weighted by Crippen LogP contribution is -2.62. The molecule has 1 aliphatic carbocycles. The van der Waals surface area contributed by atoms with E-state index in [0.29, 0.717) is 22.7 Å². The fourth-order valence-electron chi connectivity index (χ4n) is 6.80. The summed E-state index contributed by atoms with van der Waals surface area (Å²) in [6.07, 6.45) is -1.43. The van der Waals surface area contributed by atoms with Crippen molar-refractivity contribution in [1.82, 2.24) is 9.62 Å². The third kappa shape index (κ3) is 5.27. The van der Waals surface area contributed by atoms with Crippen molar-refractivity contribution in [2.45, 2.75) is 42.4 Å². The number of methoxy groups -OCH3 is 2. The summed E-state index contributed by atoms with van der Waals surface area (Å²) in [5.74, 6) is -1.87. The summed E-state index contributed by atoms with van der Waals surface area (Å²) in [4.78, 5) is 41.9. The van der Waals surface area contributed by atoms with Crippen molar-refractivity contribution in [2.75, 3.05) is 32.2 Å². The molecule has 1 saturated carbocycles. The molecule has 12 nitrogen and oxygen atoms in total. The molecule has 2 saturated heterocycles. The first-order valence-corrected chi connectivity index (χ1v) is 16.3. The van der Waals surface area contributed by atoms with Crippen molar-refractivity contribution in [1.29, 1.82) is 0 Å². The number of anilines is 1. The molecule has 0 unspecified atom stereocenters. The number of nitrogens with zero attached hydrogens (tertiary/aromatic N) is 2. The number of imide groups is 1. The summed E-state index contributed by atoms with van der Waals surface area (Å²) in [6.45, 7) is 1.02. The van der Waals surface area contributed by atoms with Crippen LogP contribution < -0.4 is 19.7 Å². The van der Waals surface area contributed by atoms with Gasteiger partial charge in [-0.05, 0) is 55.3 Å². The Morgan fingerprint density at radius 1 is 0.913 bits per heavy atom. The normalized spacial score (nSPS) is 26.0. The molecule has 0 aromatic heterocycles. The van der Waals surface area contributed by atoms with E-state index >= 15 is 0 Å². The van der Waals surface area contributed by atoms with Crippen molar-refractivity contribution in [2.24, 2.45) is 11.8 Å². The molecule has 2 aliphatic heterocycles.